The molecule has 0 amide bonds. The van der Waals surface area contributed by atoms with Crippen LogP contribution in [0.3, 0.4) is 0 Å². The summed E-state index contributed by atoms with van der Waals surface area (Å²) < 4.78 is 39.3. The van der Waals surface area contributed by atoms with Gasteiger partial charge in [-0.2, -0.15) is 13.2 Å². The summed E-state index contributed by atoms with van der Waals surface area (Å²) in [7, 11) is 0. The second kappa shape index (κ2) is 3.92. The van der Waals surface area contributed by atoms with Crippen molar-refractivity contribution >= 4 is 16.7 Å². The number of aromatic nitrogens is 2. The molecular weight excluding hydrogens is 233 g/mol. The number of halogens is 3. The average molecular weight is 244 g/mol. The molecule has 1 aromatic heterocycles. The van der Waals surface area contributed by atoms with Gasteiger partial charge in [0.25, 0.3) is 0 Å². The van der Waals surface area contributed by atoms with Gasteiger partial charge in [-0.3, -0.25) is 0 Å². The van der Waals surface area contributed by atoms with Crippen LogP contribution in [0.5, 0.6) is 0 Å². The van der Waals surface area contributed by atoms with E-state index >= 15 is 0 Å². The second-order valence-electron chi connectivity index (χ2n) is 3.62. The second-order valence-corrected chi connectivity index (χ2v) is 3.62. The van der Waals surface area contributed by atoms with E-state index in [2.05, 4.69) is 4.98 Å². The Balaban J connectivity index is 2.71. The number of fused-ring (bicyclic) bond motifs is 1. The number of benzene rings is 1. The molecule has 1 heterocycles. The molecule has 0 unspecified atom stereocenters. The highest BCUT2D eigenvalue weighted by atomic mass is 19.4. The Morgan fingerprint density at radius 2 is 2.00 bits per heavy atom. The summed E-state index contributed by atoms with van der Waals surface area (Å²) in [4.78, 5) is 3.57. The summed E-state index contributed by atoms with van der Waals surface area (Å²) >= 11 is 0. The van der Waals surface area contributed by atoms with Crippen molar-refractivity contribution in [3.8, 4) is 0 Å². The van der Waals surface area contributed by atoms with Gasteiger partial charge in [0.15, 0.2) is 0 Å². The van der Waals surface area contributed by atoms with Crippen molar-refractivity contribution in [1.29, 1.82) is 0 Å². The van der Waals surface area contributed by atoms with Gasteiger partial charge in [0.05, 0.1) is 11.0 Å². The normalized spacial score (nSPS) is 12.2. The molecule has 0 aliphatic rings. The summed E-state index contributed by atoms with van der Waals surface area (Å²) in [5.74, 6) is -0.941. The number of nitrogens with two attached hydrogens (primary N) is 2. The third-order valence-electron chi connectivity index (χ3n) is 2.38. The Hall–Kier alpha value is -1.76. The van der Waals surface area contributed by atoms with Gasteiger partial charge in [0, 0.05) is 18.8 Å². The first-order valence-corrected chi connectivity index (χ1v) is 4.96. The first kappa shape index (κ1) is 11.7. The van der Waals surface area contributed by atoms with Crippen molar-refractivity contribution in [1.82, 2.24) is 9.55 Å². The predicted octanol–water partition coefficient (Wildman–Crippen LogP) is 1.60. The molecule has 0 saturated heterocycles. The number of imidazole rings is 1. The highest BCUT2D eigenvalue weighted by Crippen LogP contribution is 2.31. The van der Waals surface area contributed by atoms with Crippen LogP contribution in [0.4, 0.5) is 18.9 Å². The molecule has 0 radical (unpaired) electrons. The van der Waals surface area contributed by atoms with Gasteiger partial charge in [-0.05, 0) is 18.2 Å². The number of rotatable bonds is 2. The third kappa shape index (κ3) is 2.05. The molecule has 92 valence electrons. The molecule has 0 atom stereocenters. The number of nitrogen functional groups attached to an aromatic ring is 1. The van der Waals surface area contributed by atoms with E-state index in [9.17, 15) is 13.2 Å². The van der Waals surface area contributed by atoms with Gasteiger partial charge in [0.2, 0.25) is 5.82 Å². The largest absolute Gasteiger partial charge is 0.449 e. The minimum atomic E-state index is -4.50. The molecule has 0 aliphatic carbocycles. The van der Waals surface area contributed by atoms with Crippen molar-refractivity contribution in [2.24, 2.45) is 5.73 Å². The van der Waals surface area contributed by atoms with Crippen LogP contribution in [0.2, 0.25) is 0 Å². The summed E-state index contributed by atoms with van der Waals surface area (Å²) in [6.07, 6.45) is -4.50. The minimum Gasteiger partial charge on any atom is -0.399 e. The molecule has 4 nitrogen and oxygen atoms in total. The zero-order valence-electron chi connectivity index (χ0n) is 8.83. The lowest BCUT2D eigenvalue weighted by atomic mass is 10.3. The van der Waals surface area contributed by atoms with Crippen LogP contribution in [0, 0.1) is 0 Å². The van der Waals surface area contributed by atoms with E-state index in [1.54, 1.807) is 0 Å². The number of anilines is 1. The molecule has 1 aromatic carbocycles. The first-order valence-electron chi connectivity index (χ1n) is 4.96. The fraction of sp³-hybridized carbons (Fsp3) is 0.300. The monoisotopic (exact) mass is 244 g/mol. The molecular formula is C10H11F3N4. The zero-order chi connectivity index (χ0) is 12.6. The lowest BCUT2D eigenvalue weighted by molar-refractivity contribution is -0.146. The van der Waals surface area contributed by atoms with Crippen LogP contribution in [-0.4, -0.2) is 16.1 Å². The standard InChI is InChI=1S/C10H11F3N4/c11-10(12,13)9-16-7-2-1-6(15)5-8(7)17(9)4-3-14/h1-2,5H,3-4,14-15H2. The van der Waals surface area contributed by atoms with Crippen LogP contribution in [-0.2, 0) is 12.7 Å². The van der Waals surface area contributed by atoms with Gasteiger partial charge < -0.3 is 16.0 Å². The maximum atomic E-state index is 12.8. The zero-order valence-corrected chi connectivity index (χ0v) is 8.83. The van der Waals surface area contributed by atoms with E-state index in [1.807, 2.05) is 0 Å². The molecule has 4 N–H and O–H groups in total. The Labute approximate surface area is 95.0 Å². The topological polar surface area (TPSA) is 69.9 Å². The summed E-state index contributed by atoms with van der Waals surface area (Å²) in [6, 6.07) is 4.45. The van der Waals surface area contributed by atoms with Gasteiger partial charge in [-0.15, -0.1) is 0 Å². The summed E-state index contributed by atoms with van der Waals surface area (Å²) in [5.41, 5.74) is 11.9. The average Bonchev–Trinajstić information content (AvgIpc) is 2.57. The Kier molecular flexibility index (Phi) is 2.70. The van der Waals surface area contributed by atoms with Crippen LogP contribution < -0.4 is 11.5 Å². The maximum Gasteiger partial charge on any atom is 0.449 e. The minimum absolute atomic E-state index is 0.0504. The smallest absolute Gasteiger partial charge is 0.399 e. The van der Waals surface area contributed by atoms with Crippen molar-refractivity contribution < 1.29 is 13.2 Å². The van der Waals surface area contributed by atoms with Gasteiger partial charge in [0.1, 0.15) is 0 Å². The molecule has 7 heteroatoms. The van der Waals surface area contributed by atoms with Crippen molar-refractivity contribution in [3.63, 3.8) is 0 Å². The van der Waals surface area contributed by atoms with E-state index in [4.69, 9.17) is 11.5 Å². The van der Waals surface area contributed by atoms with Gasteiger partial charge >= 0.3 is 6.18 Å². The fourth-order valence-corrected chi connectivity index (χ4v) is 1.71. The van der Waals surface area contributed by atoms with Crippen LogP contribution >= 0.6 is 0 Å². The van der Waals surface area contributed by atoms with Crippen LogP contribution in [0.25, 0.3) is 11.0 Å². The molecule has 0 aliphatic heterocycles. The molecule has 0 fully saturated rings. The number of hydrogen-bond acceptors (Lipinski definition) is 3. The number of nitrogens with zero attached hydrogens (tertiary/aromatic N) is 2. The lowest BCUT2D eigenvalue weighted by Crippen LogP contribution is -2.18. The lowest BCUT2D eigenvalue weighted by Gasteiger charge is -2.09. The molecule has 0 spiro atoms. The Bertz CT molecular complexity index is 544. The SMILES string of the molecule is NCCn1c(C(F)(F)F)nc2ccc(N)cc21. The highest BCUT2D eigenvalue weighted by Gasteiger charge is 2.37. The highest BCUT2D eigenvalue weighted by molar-refractivity contribution is 5.79. The van der Waals surface area contributed by atoms with E-state index in [1.165, 1.54) is 18.2 Å². The predicted molar refractivity (Wildman–Crippen MR) is 58.2 cm³/mol. The van der Waals surface area contributed by atoms with E-state index in [-0.39, 0.29) is 18.6 Å². The van der Waals surface area contributed by atoms with Crippen LogP contribution in [0.15, 0.2) is 18.2 Å². The third-order valence-corrected chi connectivity index (χ3v) is 2.38. The van der Waals surface area contributed by atoms with E-state index in [0.29, 0.717) is 11.2 Å². The molecule has 2 aromatic rings. The van der Waals surface area contributed by atoms with E-state index in [0.717, 1.165) is 4.57 Å². The Morgan fingerprint density at radius 1 is 1.29 bits per heavy atom. The van der Waals surface area contributed by atoms with Gasteiger partial charge in [-0.25, -0.2) is 4.98 Å². The van der Waals surface area contributed by atoms with Crippen LogP contribution in [0.1, 0.15) is 5.82 Å². The Morgan fingerprint density at radius 3 is 2.59 bits per heavy atom. The van der Waals surface area contributed by atoms with Crippen molar-refractivity contribution in [2.75, 3.05) is 12.3 Å². The molecule has 0 bridgehead atoms. The first-order chi connectivity index (χ1) is 7.93. The number of alkyl halides is 3. The maximum absolute atomic E-state index is 12.8. The summed E-state index contributed by atoms with van der Waals surface area (Å²) in [6.45, 7) is 0.151. The molecule has 2 rings (SSSR count). The fourth-order valence-electron chi connectivity index (χ4n) is 1.71. The van der Waals surface area contributed by atoms with Gasteiger partial charge in [-0.1, -0.05) is 0 Å². The van der Waals surface area contributed by atoms with Crippen molar-refractivity contribution in [2.45, 2.75) is 12.7 Å². The number of hydrogen-bond donors (Lipinski definition) is 2. The van der Waals surface area contributed by atoms with E-state index < -0.39 is 12.0 Å². The van der Waals surface area contributed by atoms with Crippen molar-refractivity contribution in [3.05, 3.63) is 24.0 Å². The quantitative estimate of drug-likeness (QED) is 0.788. The molecule has 17 heavy (non-hydrogen) atoms. The summed E-state index contributed by atoms with van der Waals surface area (Å²) in [5, 5.41) is 0. The molecule has 0 saturated carbocycles.